The first-order chi connectivity index (χ1) is 11.6. The van der Waals surface area contributed by atoms with E-state index in [0.717, 1.165) is 27.7 Å². The third-order valence-corrected chi connectivity index (χ3v) is 3.80. The zero-order chi connectivity index (χ0) is 16.7. The van der Waals surface area contributed by atoms with Gasteiger partial charge in [0.2, 0.25) is 0 Å². The van der Waals surface area contributed by atoms with E-state index in [1.807, 2.05) is 19.1 Å². The number of pyridine rings is 1. The zero-order valence-corrected chi connectivity index (χ0v) is 12.7. The Bertz CT molecular complexity index is 1090. The van der Waals surface area contributed by atoms with E-state index in [9.17, 15) is 9.90 Å². The summed E-state index contributed by atoms with van der Waals surface area (Å²) < 4.78 is 0. The molecule has 0 saturated heterocycles. The largest absolute Gasteiger partial charge is 0.478 e. The van der Waals surface area contributed by atoms with E-state index in [2.05, 4.69) is 25.3 Å². The third-order valence-electron chi connectivity index (χ3n) is 3.80. The Morgan fingerprint density at radius 1 is 1.17 bits per heavy atom. The summed E-state index contributed by atoms with van der Waals surface area (Å²) in [6.45, 7) is 1.91. The number of fused-ring (bicyclic) bond motifs is 3. The first kappa shape index (κ1) is 14.1. The van der Waals surface area contributed by atoms with Crippen molar-refractivity contribution in [2.45, 2.75) is 6.92 Å². The summed E-state index contributed by atoms with van der Waals surface area (Å²) in [4.78, 5) is 27.2. The zero-order valence-electron chi connectivity index (χ0n) is 12.7. The number of aromatic amines is 1. The van der Waals surface area contributed by atoms with Gasteiger partial charge in [-0.1, -0.05) is 0 Å². The molecule has 0 spiro atoms. The number of benzene rings is 1. The molecule has 0 amide bonds. The Morgan fingerprint density at radius 2 is 2.04 bits per heavy atom. The van der Waals surface area contributed by atoms with Crippen LogP contribution >= 0.6 is 0 Å². The van der Waals surface area contributed by atoms with E-state index in [1.54, 1.807) is 24.4 Å². The SMILES string of the molecule is Cc1cc(Nc2ncnc3[nH]c4ccc(C(=O)O)cc4c23)ccn1. The lowest BCUT2D eigenvalue weighted by Crippen LogP contribution is -1.97. The number of hydrogen-bond acceptors (Lipinski definition) is 5. The Hall–Kier alpha value is -3.48. The molecule has 0 atom stereocenters. The van der Waals surface area contributed by atoms with E-state index in [-0.39, 0.29) is 5.56 Å². The number of nitrogens with zero attached hydrogens (tertiary/aromatic N) is 3. The molecule has 0 unspecified atom stereocenters. The second-order valence-electron chi connectivity index (χ2n) is 5.45. The van der Waals surface area contributed by atoms with E-state index < -0.39 is 5.97 Å². The highest BCUT2D eigenvalue weighted by atomic mass is 16.4. The molecule has 118 valence electrons. The van der Waals surface area contributed by atoms with Crippen LogP contribution in [0.3, 0.4) is 0 Å². The highest BCUT2D eigenvalue weighted by Crippen LogP contribution is 2.31. The summed E-state index contributed by atoms with van der Waals surface area (Å²) in [5.41, 5.74) is 3.42. The van der Waals surface area contributed by atoms with Crippen LogP contribution in [-0.2, 0) is 0 Å². The summed E-state index contributed by atoms with van der Waals surface area (Å²) in [5, 5.41) is 14.0. The quantitative estimate of drug-likeness (QED) is 0.535. The van der Waals surface area contributed by atoms with Crippen molar-refractivity contribution >= 4 is 39.4 Å². The number of nitrogens with one attached hydrogen (secondary N) is 2. The fraction of sp³-hybridized carbons (Fsp3) is 0.0588. The molecule has 3 heterocycles. The first-order valence-electron chi connectivity index (χ1n) is 7.31. The maximum absolute atomic E-state index is 11.3. The Labute approximate surface area is 136 Å². The van der Waals surface area contributed by atoms with Crippen LogP contribution in [0.2, 0.25) is 0 Å². The number of carboxylic acids is 1. The lowest BCUT2D eigenvalue weighted by molar-refractivity contribution is 0.0697. The van der Waals surface area contributed by atoms with Gasteiger partial charge in [0, 0.05) is 28.5 Å². The van der Waals surface area contributed by atoms with E-state index >= 15 is 0 Å². The van der Waals surface area contributed by atoms with Crippen molar-refractivity contribution < 1.29 is 9.90 Å². The second kappa shape index (κ2) is 5.31. The molecule has 0 aliphatic heterocycles. The molecule has 4 aromatic rings. The van der Waals surface area contributed by atoms with E-state index in [0.29, 0.717) is 11.5 Å². The highest BCUT2D eigenvalue weighted by Gasteiger charge is 2.13. The van der Waals surface area contributed by atoms with Gasteiger partial charge in [-0.15, -0.1) is 0 Å². The van der Waals surface area contributed by atoms with Crippen LogP contribution in [0.5, 0.6) is 0 Å². The Balaban J connectivity index is 1.93. The van der Waals surface area contributed by atoms with Crippen LogP contribution in [0, 0.1) is 6.92 Å². The summed E-state index contributed by atoms with van der Waals surface area (Å²) in [5.74, 6) is -0.359. The molecular weight excluding hydrogens is 306 g/mol. The van der Waals surface area contributed by atoms with Crippen LogP contribution in [0.25, 0.3) is 21.9 Å². The molecule has 0 saturated carbocycles. The van der Waals surface area contributed by atoms with Crippen molar-refractivity contribution in [2.24, 2.45) is 0 Å². The third kappa shape index (κ3) is 2.32. The molecular formula is C17H13N5O2. The number of aromatic carboxylic acids is 1. The van der Waals surface area contributed by atoms with Gasteiger partial charge in [-0.3, -0.25) is 4.98 Å². The predicted molar refractivity (Wildman–Crippen MR) is 90.6 cm³/mol. The molecule has 0 aliphatic rings. The smallest absolute Gasteiger partial charge is 0.335 e. The fourth-order valence-electron chi connectivity index (χ4n) is 2.71. The average Bonchev–Trinajstić information content (AvgIpc) is 2.93. The van der Waals surface area contributed by atoms with E-state index in [1.165, 1.54) is 6.33 Å². The van der Waals surface area contributed by atoms with Gasteiger partial charge in [0.15, 0.2) is 0 Å². The van der Waals surface area contributed by atoms with Crippen molar-refractivity contribution in [3.8, 4) is 0 Å². The lowest BCUT2D eigenvalue weighted by atomic mass is 10.1. The van der Waals surface area contributed by atoms with Crippen molar-refractivity contribution in [2.75, 3.05) is 5.32 Å². The molecule has 0 bridgehead atoms. The molecule has 1 aromatic carbocycles. The number of carboxylic acid groups (broad SMARTS) is 1. The van der Waals surface area contributed by atoms with Crippen LogP contribution < -0.4 is 5.32 Å². The number of H-pyrrole nitrogens is 1. The number of rotatable bonds is 3. The summed E-state index contributed by atoms with van der Waals surface area (Å²) in [6, 6.07) is 8.68. The van der Waals surface area contributed by atoms with E-state index in [4.69, 9.17) is 0 Å². The molecule has 7 heteroatoms. The Morgan fingerprint density at radius 3 is 2.83 bits per heavy atom. The summed E-state index contributed by atoms with van der Waals surface area (Å²) in [7, 11) is 0. The maximum Gasteiger partial charge on any atom is 0.335 e. The molecule has 3 aromatic heterocycles. The molecule has 3 N–H and O–H groups in total. The van der Waals surface area contributed by atoms with Gasteiger partial charge >= 0.3 is 5.97 Å². The average molecular weight is 319 g/mol. The summed E-state index contributed by atoms with van der Waals surface area (Å²) in [6.07, 6.45) is 3.18. The van der Waals surface area contributed by atoms with Crippen LogP contribution in [0.4, 0.5) is 11.5 Å². The van der Waals surface area contributed by atoms with Crippen LogP contribution in [0.15, 0.2) is 42.9 Å². The molecule has 4 rings (SSSR count). The topological polar surface area (TPSA) is 104 Å². The van der Waals surface area contributed by atoms with Crippen molar-refractivity contribution in [3.05, 3.63) is 54.1 Å². The Kier molecular flexibility index (Phi) is 3.13. The molecule has 0 fully saturated rings. The number of carbonyl (C=O) groups is 1. The summed E-state index contributed by atoms with van der Waals surface area (Å²) >= 11 is 0. The second-order valence-corrected chi connectivity index (χ2v) is 5.45. The number of hydrogen-bond donors (Lipinski definition) is 3. The normalized spacial score (nSPS) is 11.0. The van der Waals surface area contributed by atoms with Gasteiger partial charge in [0.1, 0.15) is 17.8 Å². The maximum atomic E-state index is 11.3. The fourth-order valence-corrected chi connectivity index (χ4v) is 2.71. The first-order valence-corrected chi connectivity index (χ1v) is 7.31. The minimum Gasteiger partial charge on any atom is -0.478 e. The number of aromatic nitrogens is 4. The van der Waals surface area contributed by atoms with Gasteiger partial charge < -0.3 is 15.4 Å². The van der Waals surface area contributed by atoms with Crippen molar-refractivity contribution in [3.63, 3.8) is 0 Å². The monoisotopic (exact) mass is 319 g/mol. The predicted octanol–water partition coefficient (Wildman–Crippen LogP) is 3.26. The lowest BCUT2D eigenvalue weighted by Gasteiger charge is -2.07. The minimum absolute atomic E-state index is 0.220. The van der Waals surface area contributed by atoms with Crippen molar-refractivity contribution in [1.82, 2.24) is 19.9 Å². The minimum atomic E-state index is -0.970. The highest BCUT2D eigenvalue weighted by molar-refractivity contribution is 6.13. The number of aryl methyl sites for hydroxylation is 1. The standard InChI is InChI=1S/C17H13N5O2/c1-9-6-11(4-5-18-9)21-15-14-12-7-10(17(23)24)2-3-13(12)22-16(14)20-8-19-15/h2-8H,1H3,(H,23,24)(H2,18,19,20,21,22). The van der Waals surface area contributed by atoms with Crippen LogP contribution in [0.1, 0.15) is 16.1 Å². The van der Waals surface area contributed by atoms with Gasteiger partial charge in [-0.2, -0.15) is 0 Å². The molecule has 0 radical (unpaired) electrons. The number of anilines is 2. The molecule has 7 nitrogen and oxygen atoms in total. The van der Waals surface area contributed by atoms with Gasteiger partial charge in [0.25, 0.3) is 0 Å². The van der Waals surface area contributed by atoms with Crippen LogP contribution in [-0.4, -0.2) is 31.0 Å². The van der Waals surface area contributed by atoms with Gasteiger partial charge in [-0.25, -0.2) is 14.8 Å². The molecule has 24 heavy (non-hydrogen) atoms. The molecule has 0 aliphatic carbocycles. The van der Waals surface area contributed by atoms with Gasteiger partial charge in [-0.05, 0) is 37.3 Å². The van der Waals surface area contributed by atoms with Crippen molar-refractivity contribution in [1.29, 1.82) is 0 Å². The van der Waals surface area contributed by atoms with Gasteiger partial charge in [0.05, 0.1) is 10.9 Å².